The van der Waals surface area contributed by atoms with E-state index >= 15 is 0 Å². The molecule has 2 aromatic carbocycles. The minimum atomic E-state index is -0.240. The summed E-state index contributed by atoms with van der Waals surface area (Å²) in [4.78, 5) is 47.1. The summed E-state index contributed by atoms with van der Waals surface area (Å²) in [5.74, 6) is -0.422. The molecule has 0 spiro atoms. The Morgan fingerprint density at radius 2 is 1.90 bits per heavy atom. The summed E-state index contributed by atoms with van der Waals surface area (Å²) in [7, 11) is 4.08. The molecule has 2 aliphatic rings. The number of fused-ring (bicyclic) bond motifs is 1. The second kappa shape index (κ2) is 11.1. The molecule has 2 aliphatic heterocycles. The van der Waals surface area contributed by atoms with Crippen LogP contribution in [0.1, 0.15) is 74.6 Å². The normalized spacial score (nSPS) is 18.2. The fourth-order valence-electron chi connectivity index (χ4n) is 5.71. The van der Waals surface area contributed by atoms with Crippen LogP contribution in [0.3, 0.4) is 0 Å². The lowest BCUT2D eigenvalue weighted by Crippen LogP contribution is -2.34. The largest absolute Gasteiger partial charge is 0.358 e. The van der Waals surface area contributed by atoms with Crippen LogP contribution in [0.2, 0.25) is 0 Å². The van der Waals surface area contributed by atoms with Crippen molar-refractivity contribution in [1.82, 2.24) is 20.1 Å². The fraction of sp³-hybridized carbons (Fsp3) is 0.344. The quantitative estimate of drug-likeness (QED) is 0.377. The first-order chi connectivity index (χ1) is 19.2. The molecule has 3 amide bonds. The zero-order valence-electron chi connectivity index (χ0n) is 23.8. The number of H-pyrrole nitrogens is 1. The van der Waals surface area contributed by atoms with E-state index < -0.39 is 0 Å². The number of rotatable bonds is 7. The Morgan fingerprint density at radius 3 is 2.58 bits per heavy atom. The first-order valence-corrected chi connectivity index (χ1v) is 13.9. The van der Waals surface area contributed by atoms with Gasteiger partial charge in [0.25, 0.3) is 17.7 Å². The van der Waals surface area contributed by atoms with Gasteiger partial charge in [0.1, 0.15) is 0 Å². The van der Waals surface area contributed by atoms with Crippen molar-refractivity contribution in [2.75, 3.05) is 32.5 Å². The van der Waals surface area contributed by atoms with Gasteiger partial charge >= 0.3 is 0 Å². The van der Waals surface area contributed by atoms with Crippen LogP contribution in [0.5, 0.6) is 0 Å². The highest BCUT2D eigenvalue weighted by Gasteiger charge is 2.31. The van der Waals surface area contributed by atoms with Crippen molar-refractivity contribution in [2.45, 2.75) is 45.7 Å². The lowest BCUT2D eigenvalue weighted by atomic mass is 10.0. The van der Waals surface area contributed by atoms with Crippen LogP contribution in [0.25, 0.3) is 11.6 Å². The van der Waals surface area contributed by atoms with Crippen LogP contribution >= 0.6 is 0 Å². The lowest BCUT2D eigenvalue weighted by Gasteiger charge is -2.20. The van der Waals surface area contributed by atoms with E-state index in [0.29, 0.717) is 46.2 Å². The summed E-state index contributed by atoms with van der Waals surface area (Å²) in [5.41, 5.74) is 6.27. The molecule has 0 unspecified atom stereocenters. The van der Waals surface area contributed by atoms with Gasteiger partial charge < -0.3 is 25.4 Å². The maximum absolute atomic E-state index is 13.4. The van der Waals surface area contributed by atoms with Crippen molar-refractivity contribution in [3.8, 4) is 0 Å². The van der Waals surface area contributed by atoms with Crippen molar-refractivity contribution in [2.24, 2.45) is 0 Å². The highest BCUT2D eigenvalue weighted by Crippen LogP contribution is 2.35. The Morgan fingerprint density at radius 1 is 1.15 bits per heavy atom. The number of benzene rings is 2. The van der Waals surface area contributed by atoms with Gasteiger partial charge in [0, 0.05) is 47.3 Å². The number of likely N-dealkylation sites (N-methyl/N-ethyl adjacent to an activating group) is 1. The van der Waals surface area contributed by atoms with Gasteiger partial charge in [0.15, 0.2) is 0 Å². The molecule has 3 heterocycles. The molecule has 208 valence electrons. The van der Waals surface area contributed by atoms with Crippen LogP contribution in [0.4, 0.5) is 5.69 Å². The second-order valence-corrected chi connectivity index (χ2v) is 10.9. The molecule has 3 N–H and O–H groups in total. The smallest absolute Gasteiger partial charge is 0.256 e. The third kappa shape index (κ3) is 5.19. The zero-order chi connectivity index (χ0) is 28.6. The molecular formula is C32H37N5O3. The number of carbonyl (C=O) groups is 3. The Bertz CT molecular complexity index is 1490. The first kappa shape index (κ1) is 27.4. The Kier molecular flexibility index (Phi) is 7.63. The SMILES string of the molecule is CC[C@H](NC(=O)c1ccc2c(c1)/C(=C/c1[nH]c(C)c(C(=O)N3CC[C@H](N(C)C)C3)c1C)C(=O)N2)c1ccccc1. The predicted octanol–water partition coefficient (Wildman–Crippen LogP) is 4.78. The molecule has 1 aromatic heterocycles. The monoisotopic (exact) mass is 539 g/mol. The molecule has 0 saturated carbocycles. The number of hydrogen-bond acceptors (Lipinski definition) is 4. The molecule has 0 bridgehead atoms. The van der Waals surface area contributed by atoms with Crippen molar-refractivity contribution < 1.29 is 14.4 Å². The molecule has 1 fully saturated rings. The summed E-state index contributed by atoms with van der Waals surface area (Å²) in [6.07, 6.45) is 3.49. The molecule has 2 atom stereocenters. The number of nitrogens with one attached hydrogen (secondary N) is 3. The maximum atomic E-state index is 13.4. The Hall–Kier alpha value is -4.17. The summed E-state index contributed by atoms with van der Waals surface area (Å²) < 4.78 is 0. The van der Waals surface area contributed by atoms with E-state index in [9.17, 15) is 14.4 Å². The van der Waals surface area contributed by atoms with Gasteiger partial charge in [-0.1, -0.05) is 37.3 Å². The zero-order valence-corrected chi connectivity index (χ0v) is 23.8. The van der Waals surface area contributed by atoms with Crippen LogP contribution in [0.15, 0.2) is 48.5 Å². The van der Waals surface area contributed by atoms with E-state index in [1.807, 2.05) is 70.1 Å². The number of aryl methyl sites for hydroxylation is 1. The third-order valence-electron chi connectivity index (χ3n) is 8.14. The summed E-state index contributed by atoms with van der Waals surface area (Å²) in [6, 6.07) is 15.4. The highest BCUT2D eigenvalue weighted by atomic mass is 16.2. The highest BCUT2D eigenvalue weighted by molar-refractivity contribution is 6.35. The fourth-order valence-corrected chi connectivity index (χ4v) is 5.71. The van der Waals surface area contributed by atoms with Gasteiger partial charge in [-0.05, 0) is 76.2 Å². The van der Waals surface area contributed by atoms with Crippen molar-refractivity contribution in [3.05, 3.63) is 87.7 Å². The Balaban J connectivity index is 1.41. The molecule has 0 aliphatic carbocycles. The summed E-state index contributed by atoms with van der Waals surface area (Å²) in [5, 5.41) is 6.02. The standard InChI is InChI=1S/C32H37N5O3/c1-6-26(21-10-8-7-9-11-21)34-30(38)22-12-13-27-24(16-22)25(31(39)35-27)17-28-19(2)29(20(3)33-28)32(40)37-15-14-23(18-37)36(4)5/h7-13,16-17,23,26,33H,6,14-15,18H2,1-5H3,(H,34,38)(H,35,39)/b25-17-/t23-,26-/m0/s1. The summed E-state index contributed by atoms with van der Waals surface area (Å²) >= 11 is 0. The van der Waals surface area contributed by atoms with Crippen LogP contribution in [-0.4, -0.2) is 65.7 Å². The number of carbonyl (C=O) groups excluding carboxylic acids is 3. The summed E-state index contributed by atoms with van der Waals surface area (Å²) in [6.45, 7) is 7.27. The average molecular weight is 540 g/mol. The molecule has 8 nitrogen and oxygen atoms in total. The van der Waals surface area contributed by atoms with Gasteiger partial charge in [0.2, 0.25) is 0 Å². The number of likely N-dealkylation sites (tertiary alicyclic amines) is 1. The van der Waals surface area contributed by atoms with Crippen molar-refractivity contribution in [3.63, 3.8) is 0 Å². The average Bonchev–Trinajstić information content (AvgIpc) is 3.63. The van der Waals surface area contributed by atoms with Gasteiger partial charge in [-0.2, -0.15) is 0 Å². The molecule has 5 rings (SSSR count). The van der Waals surface area contributed by atoms with Gasteiger partial charge in [-0.25, -0.2) is 0 Å². The van der Waals surface area contributed by atoms with Crippen LogP contribution < -0.4 is 10.6 Å². The number of hydrogen-bond donors (Lipinski definition) is 3. The topological polar surface area (TPSA) is 97.5 Å². The molecule has 3 aromatic rings. The number of amides is 3. The van der Waals surface area contributed by atoms with E-state index in [1.54, 1.807) is 24.3 Å². The van der Waals surface area contributed by atoms with E-state index in [1.165, 1.54) is 0 Å². The number of aromatic amines is 1. The van der Waals surface area contributed by atoms with Crippen molar-refractivity contribution >= 4 is 35.1 Å². The molecule has 8 heteroatoms. The molecule has 1 saturated heterocycles. The second-order valence-electron chi connectivity index (χ2n) is 10.9. The van der Waals surface area contributed by atoms with E-state index in [4.69, 9.17) is 0 Å². The lowest BCUT2D eigenvalue weighted by molar-refractivity contribution is -0.110. The van der Waals surface area contributed by atoms with Gasteiger partial charge in [0.05, 0.1) is 17.2 Å². The number of nitrogens with zero attached hydrogens (tertiary/aromatic N) is 2. The van der Waals surface area contributed by atoms with Crippen molar-refractivity contribution in [1.29, 1.82) is 0 Å². The van der Waals surface area contributed by atoms with E-state index in [0.717, 1.165) is 36.2 Å². The number of anilines is 1. The van der Waals surface area contributed by atoms with E-state index in [-0.39, 0.29) is 23.8 Å². The minimum absolute atomic E-state index is 0.0133. The molecular weight excluding hydrogens is 502 g/mol. The predicted molar refractivity (Wildman–Crippen MR) is 158 cm³/mol. The molecule has 0 radical (unpaired) electrons. The van der Waals surface area contributed by atoms with Gasteiger partial charge in [-0.3, -0.25) is 14.4 Å². The minimum Gasteiger partial charge on any atom is -0.358 e. The van der Waals surface area contributed by atoms with Crippen LogP contribution in [-0.2, 0) is 4.79 Å². The van der Waals surface area contributed by atoms with E-state index in [2.05, 4.69) is 20.5 Å². The third-order valence-corrected chi connectivity index (χ3v) is 8.14. The number of aromatic nitrogens is 1. The van der Waals surface area contributed by atoms with Crippen LogP contribution in [0, 0.1) is 13.8 Å². The first-order valence-electron chi connectivity index (χ1n) is 13.9. The maximum Gasteiger partial charge on any atom is 0.256 e. The Labute approximate surface area is 235 Å². The van der Waals surface area contributed by atoms with Gasteiger partial charge in [-0.15, -0.1) is 0 Å². The molecule has 40 heavy (non-hydrogen) atoms.